The SMILES string of the molecule is CNC(=O)C(Cc1ccccc1)N(Cc1cccc(Br)c1)C(=O)CCCN(c1cc(Cl)ccc1C)S(C)(=O)=O. The van der Waals surface area contributed by atoms with Crippen molar-refractivity contribution < 1.29 is 18.0 Å². The molecule has 0 fully saturated rings. The molecule has 0 spiro atoms. The zero-order chi connectivity index (χ0) is 28.6. The van der Waals surface area contributed by atoms with Gasteiger partial charge in [-0.25, -0.2) is 8.42 Å². The lowest BCUT2D eigenvalue weighted by Gasteiger charge is -2.32. The van der Waals surface area contributed by atoms with Crippen molar-refractivity contribution in [2.24, 2.45) is 0 Å². The van der Waals surface area contributed by atoms with Crippen LogP contribution >= 0.6 is 27.5 Å². The lowest BCUT2D eigenvalue weighted by Crippen LogP contribution is -2.49. The third-order valence-corrected chi connectivity index (χ3v) is 8.26. The smallest absolute Gasteiger partial charge is 0.242 e. The van der Waals surface area contributed by atoms with E-state index in [2.05, 4.69) is 21.2 Å². The Bertz CT molecular complexity index is 1400. The van der Waals surface area contributed by atoms with Gasteiger partial charge in [-0.05, 0) is 54.3 Å². The van der Waals surface area contributed by atoms with E-state index in [1.165, 1.54) is 4.31 Å². The van der Waals surface area contributed by atoms with Crippen LogP contribution in [0, 0.1) is 6.92 Å². The predicted octanol–water partition coefficient (Wildman–Crippen LogP) is 5.34. The molecule has 3 aromatic rings. The molecule has 39 heavy (non-hydrogen) atoms. The average Bonchev–Trinajstić information content (AvgIpc) is 2.89. The van der Waals surface area contributed by atoms with Crippen molar-refractivity contribution in [2.75, 3.05) is 24.2 Å². The van der Waals surface area contributed by atoms with Crippen LogP contribution in [-0.4, -0.2) is 51.0 Å². The first kappa shape index (κ1) is 30.7. The highest BCUT2D eigenvalue weighted by Crippen LogP contribution is 2.27. The molecular weight excluding hydrogens is 602 g/mol. The molecule has 0 heterocycles. The molecule has 1 unspecified atom stereocenters. The van der Waals surface area contributed by atoms with E-state index in [0.29, 0.717) is 17.1 Å². The summed E-state index contributed by atoms with van der Waals surface area (Å²) in [5.41, 5.74) is 3.04. The van der Waals surface area contributed by atoms with Crippen LogP contribution in [0.5, 0.6) is 0 Å². The normalized spacial score (nSPS) is 12.0. The van der Waals surface area contributed by atoms with E-state index in [0.717, 1.165) is 27.4 Å². The molecule has 0 saturated carbocycles. The molecule has 2 amide bonds. The number of nitrogens with zero attached hydrogens (tertiary/aromatic N) is 2. The number of anilines is 1. The van der Waals surface area contributed by atoms with Gasteiger partial charge in [-0.3, -0.25) is 13.9 Å². The van der Waals surface area contributed by atoms with Crippen molar-refractivity contribution >= 4 is 55.1 Å². The van der Waals surface area contributed by atoms with Gasteiger partial charge in [-0.1, -0.05) is 76.1 Å². The molecule has 3 rings (SSSR count). The molecule has 0 aliphatic carbocycles. The molecule has 208 valence electrons. The molecule has 1 atom stereocenters. The lowest BCUT2D eigenvalue weighted by molar-refractivity contribution is -0.141. The first-order valence-electron chi connectivity index (χ1n) is 12.5. The summed E-state index contributed by atoms with van der Waals surface area (Å²) < 4.78 is 27.4. The third kappa shape index (κ3) is 8.81. The van der Waals surface area contributed by atoms with E-state index in [1.54, 1.807) is 30.1 Å². The predicted molar refractivity (Wildman–Crippen MR) is 160 cm³/mol. The van der Waals surface area contributed by atoms with Gasteiger partial charge in [-0.15, -0.1) is 0 Å². The minimum absolute atomic E-state index is 0.0575. The van der Waals surface area contributed by atoms with Gasteiger partial charge in [-0.2, -0.15) is 0 Å². The summed E-state index contributed by atoms with van der Waals surface area (Å²) in [6.45, 7) is 2.14. The van der Waals surface area contributed by atoms with Crippen LogP contribution in [0.2, 0.25) is 5.02 Å². The molecule has 0 saturated heterocycles. The first-order valence-corrected chi connectivity index (χ1v) is 15.5. The second-order valence-electron chi connectivity index (χ2n) is 9.34. The van der Waals surface area contributed by atoms with E-state index in [1.807, 2.05) is 61.5 Å². The largest absolute Gasteiger partial charge is 0.357 e. The monoisotopic (exact) mass is 633 g/mol. The Labute approximate surface area is 244 Å². The fraction of sp³-hybridized carbons (Fsp3) is 0.310. The maximum Gasteiger partial charge on any atom is 0.242 e. The molecular formula is C29H33BrClN3O4S. The number of aryl methyl sites for hydroxylation is 1. The average molecular weight is 635 g/mol. The number of rotatable bonds is 12. The number of sulfonamides is 1. The Kier molecular flexibility index (Phi) is 11.0. The number of nitrogens with one attached hydrogen (secondary N) is 1. The van der Waals surface area contributed by atoms with Crippen LogP contribution in [0.25, 0.3) is 0 Å². The lowest BCUT2D eigenvalue weighted by atomic mass is 10.0. The van der Waals surface area contributed by atoms with E-state index in [-0.39, 0.29) is 37.7 Å². The van der Waals surface area contributed by atoms with Gasteiger partial charge in [0.2, 0.25) is 21.8 Å². The topological polar surface area (TPSA) is 86.8 Å². The highest BCUT2D eigenvalue weighted by molar-refractivity contribution is 9.10. The first-order chi connectivity index (χ1) is 18.5. The Morgan fingerprint density at radius 2 is 1.69 bits per heavy atom. The van der Waals surface area contributed by atoms with Gasteiger partial charge in [0.25, 0.3) is 0 Å². The van der Waals surface area contributed by atoms with E-state index in [9.17, 15) is 18.0 Å². The summed E-state index contributed by atoms with van der Waals surface area (Å²) >= 11 is 9.62. The number of carbonyl (C=O) groups is 2. The van der Waals surface area contributed by atoms with E-state index in [4.69, 9.17) is 11.6 Å². The summed E-state index contributed by atoms with van der Waals surface area (Å²) in [6.07, 6.45) is 1.80. The van der Waals surface area contributed by atoms with E-state index < -0.39 is 16.1 Å². The molecule has 0 radical (unpaired) electrons. The zero-order valence-electron chi connectivity index (χ0n) is 22.2. The summed E-state index contributed by atoms with van der Waals surface area (Å²) in [7, 11) is -2.07. The van der Waals surface area contributed by atoms with Gasteiger partial charge in [0.05, 0.1) is 11.9 Å². The Balaban J connectivity index is 1.86. The third-order valence-electron chi connectivity index (χ3n) is 6.35. The van der Waals surface area contributed by atoms with E-state index >= 15 is 0 Å². The van der Waals surface area contributed by atoms with Crippen LogP contribution in [0.15, 0.2) is 77.3 Å². The van der Waals surface area contributed by atoms with Gasteiger partial charge < -0.3 is 10.2 Å². The molecule has 0 bridgehead atoms. The molecule has 7 nitrogen and oxygen atoms in total. The van der Waals surface area contributed by atoms with Crippen LogP contribution < -0.4 is 9.62 Å². The van der Waals surface area contributed by atoms with Gasteiger partial charge >= 0.3 is 0 Å². The number of hydrogen-bond acceptors (Lipinski definition) is 4. The molecule has 3 aromatic carbocycles. The number of likely N-dealkylation sites (N-methyl/N-ethyl adjacent to an activating group) is 1. The number of carbonyl (C=O) groups excluding carboxylic acids is 2. The standard InChI is InChI=1S/C29H33BrClN3O4S/c1-21-14-15-25(31)19-26(21)34(39(3,37)38)16-8-13-28(35)33(20-23-11-7-12-24(30)17-23)27(29(36)32-2)18-22-9-5-4-6-10-22/h4-7,9-12,14-15,17,19,27H,8,13,16,18,20H2,1-3H3,(H,32,36). The molecule has 10 heteroatoms. The van der Waals surface area contributed by atoms with Crippen LogP contribution in [0.3, 0.4) is 0 Å². The fourth-order valence-corrected chi connectivity index (χ4v) is 6.01. The Morgan fingerprint density at radius 1 is 1.00 bits per heavy atom. The Morgan fingerprint density at radius 3 is 2.33 bits per heavy atom. The molecule has 0 aromatic heterocycles. The zero-order valence-corrected chi connectivity index (χ0v) is 25.4. The van der Waals surface area contributed by atoms with Crippen molar-refractivity contribution in [3.05, 3.63) is 99.0 Å². The maximum absolute atomic E-state index is 13.7. The minimum atomic E-state index is -3.62. The summed E-state index contributed by atoms with van der Waals surface area (Å²) in [5, 5.41) is 3.13. The van der Waals surface area contributed by atoms with Gasteiger partial charge in [0.1, 0.15) is 6.04 Å². The highest BCUT2D eigenvalue weighted by atomic mass is 79.9. The highest BCUT2D eigenvalue weighted by Gasteiger charge is 2.30. The minimum Gasteiger partial charge on any atom is -0.357 e. The number of halogens is 2. The van der Waals surface area contributed by atoms with Crippen molar-refractivity contribution in [2.45, 2.75) is 38.8 Å². The van der Waals surface area contributed by atoms with Gasteiger partial charge in [0.15, 0.2) is 0 Å². The van der Waals surface area contributed by atoms with Crippen molar-refractivity contribution in [1.82, 2.24) is 10.2 Å². The van der Waals surface area contributed by atoms with Crippen LogP contribution in [0.1, 0.15) is 29.5 Å². The van der Waals surface area contributed by atoms with Crippen molar-refractivity contribution in [3.8, 4) is 0 Å². The summed E-state index contributed by atoms with van der Waals surface area (Å²) in [5.74, 6) is -0.509. The number of hydrogen-bond donors (Lipinski definition) is 1. The molecule has 1 N–H and O–H groups in total. The molecule has 0 aliphatic heterocycles. The Hall–Kier alpha value is -2.88. The summed E-state index contributed by atoms with van der Waals surface area (Å²) in [4.78, 5) is 28.4. The molecule has 0 aliphatic rings. The second kappa shape index (κ2) is 14.0. The van der Waals surface area contributed by atoms with Crippen LogP contribution in [-0.2, 0) is 32.6 Å². The van der Waals surface area contributed by atoms with Crippen molar-refractivity contribution in [3.63, 3.8) is 0 Å². The quantitative estimate of drug-likeness (QED) is 0.291. The second-order valence-corrected chi connectivity index (χ2v) is 12.6. The maximum atomic E-state index is 13.7. The number of benzene rings is 3. The van der Waals surface area contributed by atoms with Crippen LogP contribution in [0.4, 0.5) is 5.69 Å². The van der Waals surface area contributed by atoms with Gasteiger partial charge in [0, 0.05) is 42.5 Å². The number of amides is 2. The fourth-order valence-electron chi connectivity index (χ4n) is 4.39. The van der Waals surface area contributed by atoms with Crippen molar-refractivity contribution in [1.29, 1.82) is 0 Å². The summed E-state index contributed by atoms with van der Waals surface area (Å²) in [6, 6.07) is 21.5.